The highest BCUT2D eigenvalue weighted by molar-refractivity contribution is 6.42. The van der Waals surface area contributed by atoms with Crippen LogP contribution >= 0.6 is 23.2 Å². The van der Waals surface area contributed by atoms with Gasteiger partial charge in [0.25, 0.3) is 0 Å². The molecule has 2 heterocycles. The largest absolute Gasteiger partial charge is 0.369 e. The lowest BCUT2D eigenvalue weighted by atomic mass is 10.1. The van der Waals surface area contributed by atoms with Crippen molar-refractivity contribution in [2.75, 3.05) is 42.5 Å². The summed E-state index contributed by atoms with van der Waals surface area (Å²) < 4.78 is 0. The molecule has 2 aliphatic rings. The van der Waals surface area contributed by atoms with Crippen LogP contribution in [-0.4, -0.2) is 49.6 Å². The van der Waals surface area contributed by atoms with E-state index in [1.54, 1.807) is 0 Å². The average Bonchev–Trinajstić information content (AvgIpc) is 3.14. The number of amides is 1. The van der Waals surface area contributed by atoms with Gasteiger partial charge in [0.1, 0.15) is 0 Å². The number of hydrogen-bond acceptors (Lipinski definition) is 3. The van der Waals surface area contributed by atoms with Gasteiger partial charge >= 0.3 is 0 Å². The van der Waals surface area contributed by atoms with Crippen molar-refractivity contribution >= 4 is 40.5 Å². The van der Waals surface area contributed by atoms with E-state index in [1.807, 2.05) is 35.2 Å². The SMILES string of the molecule is CC(CC(=O)N1CCc2ccccc21)N1CCN(c2ccc(Cl)c(Cl)c2)CC1. The molecule has 0 N–H and O–H groups in total. The molecule has 1 amide bonds. The molecule has 1 saturated heterocycles. The maximum Gasteiger partial charge on any atom is 0.228 e. The Balaban J connectivity index is 1.32. The summed E-state index contributed by atoms with van der Waals surface area (Å²) in [6, 6.07) is 14.3. The maximum atomic E-state index is 12.9. The molecule has 1 atom stereocenters. The zero-order chi connectivity index (χ0) is 19.7. The summed E-state index contributed by atoms with van der Waals surface area (Å²) in [6.07, 6.45) is 1.51. The van der Waals surface area contributed by atoms with Crippen molar-refractivity contribution in [3.63, 3.8) is 0 Å². The van der Waals surface area contributed by atoms with Gasteiger partial charge in [0, 0.05) is 56.6 Å². The molecule has 2 aromatic carbocycles. The molecule has 0 spiro atoms. The summed E-state index contributed by atoms with van der Waals surface area (Å²) in [7, 11) is 0. The number of halogens is 2. The standard InChI is InChI=1S/C22H25Cl2N3O/c1-16(14-22(28)27-9-8-17-4-2-3-5-21(17)27)25-10-12-26(13-11-25)18-6-7-19(23)20(24)15-18/h2-7,15-16H,8-14H2,1H3. The van der Waals surface area contributed by atoms with Crippen LogP contribution in [0.25, 0.3) is 0 Å². The van der Waals surface area contributed by atoms with Crippen LogP contribution in [0.2, 0.25) is 10.0 Å². The van der Waals surface area contributed by atoms with Gasteiger partial charge in [-0.25, -0.2) is 0 Å². The Kier molecular flexibility index (Phi) is 5.81. The van der Waals surface area contributed by atoms with E-state index in [-0.39, 0.29) is 11.9 Å². The maximum absolute atomic E-state index is 12.9. The summed E-state index contributed by atoms with van der Waals surface area (Å²) in [6.45, 7) is 6.67. The number of anilines is 2. The van der Waals surface area contributed by atoms with Crippen molar-refractivity contribution in [3.05, 3.63) is 58.1 Å². The highest BCUT2D eigenvalue weighted by Crippen LogP contribution is 2.30. The number of para-hydroxylation sites is 1. The number of nitrogens with zero attached hydrogens (tertiary/aromatic N) is 3. The Morgan fingerprint density at radius 1 is 1.00 bits per heavy atom. The van der Waals surface area contributed by atoms with Crippen molar-refractivity contribution in [1.29, 1.82) is 0 Å². The molecule has 2 aliphatic heterocycles. The Morgan fingerprint density at radius 3 is 2.50 bits per heavy atom. The molecule has 4 rings (SSSR count). The summed E-state index contributed by atoms with van der Waals surface area (Å²) in [5, 5.41) is 1.17. The fraction of sp³-hybridized carbons (Fsp3) is 0.409. The molecular weight excluding hydrogens is 393 g/mol. The number of benzene rings is 2. The summed E-state index contributed by atoms with van der Waals surface area (Å²) in [4.78, 5) is 19.6. The fourth-order valence-electron chi connectivity index (χ4n) is 4.19. The third kappa shape index (κ3) is 4.00. The van der Waals surface area contributed by atoms with E-state index in [0.29, 0.717) is 16.5 Å². The first-order valence-electron chi connectivity index (χ1n) is 9.85. The normalized spacial score (nSPS) is 18.2. The van der Waals surface area contributed by atoms with Crippen LogP contribution in [-0.2, 0) is 11.2 Å². The van der Waals surface area contributed by atoms with E-state index < -0.39 is 0 Å². The Labute approximate surface area is 176 Å². The molecular formula is C22H25Cl2N3O. The lowest BCUT2D eigenvalue weighted by Gasteiger charge is -2.39. The monoisotopic (exact) mass is 417 g/mol. The van der Waals surface area contributed by atoms with Gasteiger partial charge in [-0.05, 0) is 43.2 Å². The van der Waals surface area contributed by atoms with Crippen LogP contribution in [0.4, 0.5) is 11.4 Å². The van der Waals surface area contributed by atoms with Gasteiger partial charge in [-0.2, -0.15) is 0 Å². The molecule has 6 heteroatoms. The first kappa shape index (κ1) is 19.6. The smallest absolute Gasteiger partial charge is 0.228 e. The van der Waals surface area contributed by atoms with Crippen LogP contribution in [0, 0.1) is 0 Å². The minimum Gasteiger partial charge on any atom is -0.369 e. The third-order valence-corrected chi connectivity index (χ3v) is 6.60. The second-order valence-corrected chi connectivity index (χ2v) is 8.41. The van der Waals surface area contributed by atoms with E-state index in [4.69, 9.17) is 23.2 Å². The number of rotatable bonds is 4. The molecule has 0 bridgehead atoms. The van der Waals surface area contributed by atoms with Gasteiger partial charge in [-0.3, -0.25) is 9.69 Å². The summed E-state index contributed by atoms with van der Waals surface area (Å²) in [5.74, 6) is 0.226. The number of carbonyl (C=O) groups excluding carboxylic acids is 1. The summed E-state index contributed by atoms with van der Waals surface area (Å²) >= 11 is 12.2. The second-order valence-electron chi connectivity index (χ2n) is 7.60. The highest BCUT2D eigenvalue weighted by Gasteiger charge is 2.28. The molecule has 1 fully saturated rings. The Morgan fingerprint density at radius 2 is 1.75 bits per heavy atom. The van der Waals surface area contributed by atoms with Gasteiger partial charge in [0.05, 0.1) is 10.0 Å². The lowest BCUT2D eigenvalue weighted by molar-refractivity contribution is -0.119. The molecule has 0 aromatic heterocycles. The minimum absolute atomic E-state index is 0.226. The van der Waals surface area contributed by atoms with Gasteiger partial charge < -0.3 is 9.80 Å². The highest BCUT2D eigenvalue weighted by atomic mass is 35.5. The number of piperazine rings is 1. The molecule has 0 aliphatic carbocycles. The molecule has 28 heavy (non-hydrogen) atoms. The zero-order valence-electron chi connectivity index (χ0n) is 16.1. The van der Waals surface area contributed by atoms with E-state index in [2.05, 4.69) is 28.9 Å². The first-order valence-corrected chi connectivity index (χ1v) is 10.6. The van der Waals surface area contributed by atoms with Crippen LogP contribution in [0.3, 0.4) is 0 Å². The molecule has 148 valence electrons. The van der Waals surface area contributed by atoms with E-state index in [0.717, 1.165) is 50.5 Å². The van der Waals surface area contributed by atoms with Crippen molar-refractivity contribution in [1.82, 2.24) is 4.90 Å². The van der Waals surface area contributed by atoms with E-state index in [1.165, 1.54) is 5.56 Å². The van der Waals surface area contributed by atoms with Crippen molar-refractivity contribution in [2.24, 2.45) is 0 Å². The van der Waals surface area contributed by atoms with E-state index >= 15 is 0 Å². The number of carbonyl (C=O) groups is 1. The fourth-order valence-corrected chi connectivity index (χ4v) is 4.48. The van der Waals surface area contributed by atoms with Crippen LogP contribution in [0.15, 0.2) is 42.5 Å². The van der Waals surface area contributed by atoms with Gasteiger partial charge in [-0.15, -0.1) is 0 Å². The van der Waals surface area contributed by atoms with E-state index in [9.17, 15) is 4.79 Å². The van der Waals surface area contributed by atoms with Gasteiger partial charge in [0.2, 0.25) is 5.91 Å². The summed E-state index contributed by atoms with van der Waals surface area (Å²) in [5.41, 5.74) is 3.47. The molecule has 2 aromatic rings. The number of hydrogen-bond donors (Lipinski definition) is 0. The van der Waals surface area contributed by atoms with Crippen molar-refractivity contribution < 1.29 is 4.79 Å². The first-order chi connectivity index (χ1) is 13.5. The second kappa shape index (κ2) is 8.32. The van der Waals surface area contributed by atoms with Crippen LogP contribution in [0.1, 0.15) is 18.9 Å². The average molecular weight is 418 g/mol. The molecule has 0 saturated carbocycles. The molecule has 0 radical (unpaired) electrons. The third-order valence-electron chi connectivity index (χ3n) is 5.86. The zero-order valence-corrected chi connectivity index (χ0v) is 17.6. The predicted octanol–water partition coefficient (Wildman–Crippen LogP) is 4.48. The molecule has 1 unspecified atom stereocenters. The van der Waals surface area contributed by atoms with Crippen molar-refractivity contribution in [2.45, 2.75) is 25.8 Å². The van der Waals surface area contributed by atoms with Gasteiger partial charge in [-0.1, -0.05) is 41.4 Å². The van der Waals surface area contributed by atoms with Crippen molar-refractivity contribution in [3.8, 4) is 0 Å². The topological polar surface area (TPSA) is 26.8 Å². The quantitative estimate of drug-likeness (QED) is 0.733. The van der Waals surface area contributed by atoms with Crippen LogP contribution < -0.4 is 9.80 Å². The molecule has 4 nitrogen and oxygen atoms in total. The predicted molar refractivity (Wildman–Crippen MR) is 117 cm³/mol. The lowest BCUT2D eigenvalue weighted by Crippen LogP contribution is -2.50. The van der Waals surface area contributed by atoms with Gasteiger partial charge in [0.15, 0.2) is 0 Å². The Bertz CT molecular complexity index is 865. The van der Waals surface area contributed by atoms with Crippen LogP contribution in [0.5, 0.6) is 0 Å². The Hall–Kier alpha value is -1.75. The minimum atomic E-state index is 0.226. The number of fused-ring (bicyclic) bond motifs is 1.